The minimum Gasteiger partial charge on any atom is -0.620 e. The van der Waals surface area contributed by atoms with Gasteiger partial charge in [0.25, 0.3) is 0 Å². The molecule has 32 heteroatoms. The van der Waals surface area contributed by atoms with Crippen molar-refractivity contribution in [1.82, 2.24) is 58.8 Å². The Labute approximate surface area is 622 Å². The molecular weight excluding hydrogens is 1790 g/mol. The number of anilines is 4. The first-order valence-electron chi connectivity index (χ1n) is 29.7. The van der Waals surface area contributed by atoms with E-state index in [1.807, 2.05) is 139 Å². The van der Waals surface area contributed by atoms with Gasteiger partial charge in [-0.1, -0.05) is 102 Å². The molecule has 0 fully saturated rings. The number of ether oxygens (including phenoxy) is 1. The third-order valence-electron chi connectivity index (χ3n) is 15.4. The van der Waals surface area contributed by atoms with Crippen LogP contribution in [0.15, 0.2) is 141 Å². The summed E-state index contributed by atoms with van der Waals surface area (Å²) < 4.78 is 131. The summed E-state index contributed by atoms with van der Waals surface area (Å²) in [6.07, 6.45) is 17.7. The molecule has 0 unspecified atom stereocenters. The zero-order chi connectivity index (χ0) is 69.2. The van der Waals surface area contributed by atoms with Gasteiger partial charge in [-0.3, -0.25) is 26.0 Å². The number of halogens is 8. The van der Waals surface area contributed by atoms with Gasteiger partial charge in [0.05, 0.1) is 11.4 Å². The topological polar surface area (TPSA) is 150 Å². The molecule has 8 aromatic heterocycles. The number of fused-ring (bicyclic) bond motifs is 2. The summed E-state index contributed by atoms with van der Waals surface area (Å²) in [5, 5.41) is 0. The van der Waals surface area contributed by atoms with Crippen LogP contribution >= 0.6 is 0 Å². The van der Waals surface area contributed by atoms with Crippen LogP contribution in [0.3, 0.4) is 0 Å². The Balaban J connectivity index is 0.000000342. The molecule has 0 saturated carbocycles. The van der Waals surface area contributed by atoms with Crippen molar-refractivity contribution in [1.29, 1.82) is 0 Å². The smallest absolute Gasteiger partial charge is 0.620 e. The number of hydrogen-bond acceptors (Lipinski definition) is 15. The van der Waals surface area contributed by atoms with Crippen LogP contribution in [-0.2, 0) is 60.6 Å². The van der Waals surface area contributed by atoms with Crippen LogP contribution in [-0.4, -0.2) is 121 Å². The van der Waals surface area contributed by atoms with Crippen molar-refractivity contribution in [3.63, 3.8) is 0 Å². The fourth-order valence-electron chi connectivity index (χ4n) is 10.8. The maximum absolute atomic E-state index is 16.1. The van der Waals surface area contributed by atoms with Gasteiger partial charge in [-0.2, -0.15) is 53.5 Å². The van der Waals surface area contributed by atoms with Crippen LogP contribution in [0, 0.1) is 116 Å². The van der Waals surface area contributed by atoms with E-state index >= 15 is 8.78 Å². The van der Waals surface area contributed by atoms with E-state index in [2.05, 4.69) is 106 Å². The number of aromatic nitrogens is 8. The van der Waals surface area contributed by atoms with Gasteiger partial charge < -0.3 is 44.1 Å². The van der Waals surface area contributed by atoms with Gasteiger partial charge >= 0.3 is 62.1 Å². The molecule has 0 spiro atoms. The molecule has 2 radical (unpaired) electrons. The maximum atomic E-state index is 16.1. The first-order chi connectivity index (χ1) is 48.4. The minimum absolute atomic E-state index is 0. The second-order valence-corrected chi connectivity index (χ2v) is 22.1. The van der Waals surface area contributed by atoms with E-state index in [0.717, 1.165) is 23.9 Å². The monoisotopic (exact) mass is 1830 g/mol. The van der Waals surface area contributed by atoms with Crippen molar-refractivity contribution in [2.45, 2.75) is 0 Å². The van der Waals surface area contributed by atoms with E-state index in [1.54, 1.807) is 41.8 Å². The predicted molar refractivity (Wildman–Crippen MR) is 344 cm³/mol. The van der Waals surface area contributed by atoms with Crippen molar-refractivity contribution in [3.05, 3.63) is 257 Å². The molecule has 6 aliphatic heterocycles. The van der Waals surface area contributed by atoms with Crippen molar-refractivity contribution < 1.29 is 119 Å². The quantitative estimate of drug-likeness (QED) is 0.0354. The van der Waals surface area contributed by atoms with E-state index in [9.17, 15) is 26.3 Å². The molecule has 0 amide bonds. The summed E-state index contributed by atoms with van der Waals surface area (Å²) in [5.74, 6) is -7.31. The van der Waals surface area contributed by atoms with Gasteiger partial charge in [0.15, 0.2) is 21.1 Å². The Morgan fingerprint density at radius 3 is 1.35 bits per heavy atom. The zero-order valence-corrected chi connectivity index (χ0v) is 59.7. The summed E-state index contributed by atoms with van der Waals surface area (Å²) >= 11 is 0. The number of rotatable bonds is 13. The van der Waals surface area contributed by atoms with Crippen molar-refractivity contribution in [3.8, 4) is 56.5 Å². The summed E-state index contributed by atoms with van der Waals surface area (Å²) in [4.78, 5) is 41.0. The van der Waals surface area contributed by atoms with E-state index in [0.29, 0.717) is 45.8 Å². The fraction of sp³-hybridized carbons (Fsp3) is 0.0704. The summed E-state index contributed by atoms with van der Waals surface area (Å²) in [7, 11) is 9.34. The normalized spacial score (nSPS) is 14.3. The van der Waals surface area contributed by atoms with Crippen LogP contribution < -0.4 is 33.5 Å². The third-order valence-corrected chi connectivity index (χ3v) is 15.4. The van der Waals surface area contributed by atoms with Crippen molar-refractivity contribution in [2.75, 3.05) is 54.8 Å². The number of pyridine rings is 8. The van der Waals surface area contributed by atoms with Gasteiger partial charge in [0.1, 0.15) is 47.6 Å². The standard InChI is InChI=1S/C56H36F4N17O.C15H5F4N3.Ir.Pt.Rh/c1-66-17-20-71(30-66)42-26-46(73-22-19-68(3)32-73)49(28-44(42)76-33-69(4)55-40(76)11-7-15-61-55)78-50-29-45(77-34-70(5)56-41(77)12-8-16-62-56)43(72-21-18-67(2)31-72)27-47(50)74-23-24-75(35-74)48-25-37(53(59)65-54(48)60)39-10-6-9-38(63-39)36-13-14-51(57)64-52(36)58;16-12-6-4-8(14(18)21-12)10-2-1-3-11(20-10)9-5-7-13(17)22-15(9)19;;;/h6-12,14-24,31-32,35H,1-5H3;1-3,6-7H;;;/q-3;-2;;+2;. The van der Waals surface area contributed by atoms with Crippen LogP contribution in [0.1, 0.15) is 0 Å². The molecule has 0 N–H and O–H groups in total. The summed E-state index contributed by atoms with van der Waals surface area (Å²) in [5.41, 5.74) is 2.89. The molecule has 21 nitrogen and oxygen atoms in total. The molecule has 2 aromatic carbocycles. The Hall–Kier alpha value is -11.3. The second-order valence-electron chi connectivity index (χ2n) is 22.1. The van der Waals surface area contributed by atoms with Crippen molar-refractivity contribution in [2.24, 2.45) is 0 Å². The van der Waals surface area contributed by atoms with Crippen molar-refractivity contribution >= 4 is 80.8 Å². The molecule has 6 aliphatic rings. The Morgan fingerprint density at radius 2 is 0.874 bits per heavy atom. The molecule has 0 saturated heterocycles. The molecule has 16 rings (SSSR count). The SMILES string of the molecule is CN1C=CN(c2[c-]c([N+]3=C=[N+](C)C=C3)c([N+]3=C=[N+](C)c4ncccc43)[c-]c2Oc2[c-]c([N+]3=C=[N+](C)c4ncccc43)c(N3C=CN(C)[CH-]3)[c-]c2N2C=CN(c3[c-]c(-c4cccc(-c5[c-]cc(F)nc5F)n4)c(F)nc3F)[CH-]2)[CH-]1.Fc1c[c-]c(-c2cccc(-c3[c-]cc(F)nc3F)n2)c(F)n1.[Ir].[Pt+2].[Rh]. The van der Waals surface area contributed by atoms with E-state index in [-0.39, 0.29) is 129 Å². The van der Waals surface area contributed by atoms with Gasteiger partial charge in [-0.25, -0.2) is 41.2 Å². The maximum Gasteiger partial charge on any atom is 2.00 e. The average Bonchev–Trinajstić information content (AvgIpc) is 1.67. The predicted octanol–water partition coefficient (Wildman–Crippen LogP) is 11.6. The number of hydrogen-bond donors (Lipinski definition) is 0. The molecule has 0 aliphatic carbocycles. The minimum atomic E-state index is -1.23. The van der Waals surface area contributed by atoms with Crippen LogP contribution in [0.2, 0.25) is 0 Å². The van der Waals surface area contributed by atoms with E-state index in [1.165, 1.54) is 54.2 Å². The molecule has 518 valence electrons. The fourth-order valence-corrected chi connectivity index (χ4v) is 10.8. The average molecular weight is 1830 g/mol. The number of benzene rings is 2. The molecule has 0 bridgehead atoms. The van der Waals surface area contributed by atoms with Gasteiger partial charge in [-0.05, 0) is 91.9 Å². The Kier molecular flexibility index (Phi) is 20.4. The van der Waals surface area contributed by atoms with Crippen LogP contribution in [0.4, 0.5) is 97.9 Å². The second kappa shape index (κ2) is 29.4. The molecule has 0 atom stereocenters. The zero-order valence-electron chi connectivity index (χ0n) is 53.4. The third kappa shape index (κ3) is 14.0. The van der Waals surface area contributed by atoms with Gasteiger partial charge in [0, 0.05) is 69.8 Å². The molecule has 10 aromatic rings. The van der Waals surface area contributed by atoms with Gasteiger partial charge in [0.2, 0.25) is 12.4 Å². The molecule has 103 heavy (non-hydrogen) atoms. The van der Waals surface area contributed by atoms with E-state index < -0.39 is 47.6 Å². The van der Waals surface area contributed by atoms with Gasteiger partial charge in [-0.15, -0.1) is 43.7 Å². The van der Waals surface area contributed by atoms with Crippen LogP contribution in [0.25, 0.3) is 45.0 Å². The number of nitrogens with zero attached hydrogens (tertiary/aromatic N) is 20. The summed E-state index contributed by atoms with van der Waals surface area (Å²) in [6, 6.07) is 53.2. The first-order valence-corrected chi connectivity index (χ1v) is 29.7. The Morgan fingerprint density at radius 1 is 0.437 bits per heavy atom. The van der Waals surface area contributed by atoms with E-state index in [4.69, 9.17) is 4.74 Å². The largest absolute Gasteiger partial charge is 2.00 e. The molecular formula is C71H41F8IrN20OPtRh-3. The molecule has 14 heterocycles. The van der Waals surface area contributed by atoms with Crippen LogP contribution in [0.5, 0.6) is 11.5 Å². The first kappa shape index (κ1) is 71.6. The summed E-state index contributed by atoms with van der Waals surface area (Å²) in [6.45, 7) is 5.22. The Bertz CT molecular complexity index is 5440.